The largest absolute Gasteiger partial charge is 0.459 e. The van der Waals surface area contributed by atoms with Gasteiger partial charge in [-0.1, -0.05) is 0 Å². The molecule has 1 aliphatic heterocycles. The van der Waals surface area contributed by atoms with Crippen LogP contribution in [0.1, 0.15) is 37.0 Å². The topological polar surface area (TPSA) is 35.5 Å². The Morgan fingerprint density at radius 2 is 1.65 bits per heavy atom. The molecule has 0 spiro atoms. The van der Waals surface area contributed by atoms with Crippen molar-refractivity contribution in [3.05, 3.63) is 35.1 Å². The molecule has 0 amide bonds. The van der Waals surface area contributed by atoms with E-state index in [1.54, 1.807) is 0 Å². The Balaban J connectivity index is 2.08. The van der Waals surface area contributed by atoms with E-state index in [2.05, 4.69) is 0 Å². The molecule has 3 nitrogen and oxygen atoms in total. The van der Waals surface area contributed by atoms with Crippen molar-refractivity contribution in [3.63, 3.8) is 0 Å². The number of esters is 1. The second kappa shape index (κ2) is 5.83. The molecule has 0 radical (unpaired) electrons. The van der Waals surface area contributed by atoms with Gasteiger partial charge in [-0.3, -0.25) is 0 Å². The minimum atomic E-state index is -1.60. The van der Waals surface area contributed by atoms with Crippen LogP contribution in [-0.4, -0.2) is 24.3 Å². The van der Waals surface area contributed by atoms with Gasteiger partial charge in [0.05, 0.1) is 17.8 Å². The van der Waals surface area contributed by atoms with E-state index in [0.29, 0.717) is 25.0 Å². The monoisotopic (exact) mass is 288 g/mol. The Hall–Kier alpha value is -1.56. The van der Waals surface area contributed by atoms with E-state index in [1.807, 2.05) is 13.8 Å². The predicted molar refractivity (Wildman–Crippen MR) is 64.8 cm³/mol. The molecule has 6 heteroatoms. The highest BCUT2D eigenvalue weighted by atomic mass is 19.2. The second-order valence-electron chi connectivity index (χ2n) is 5.01. The number of hydrogen-bond donors (Lipinski definition) is 0. The lowest BCUT2D eigenvalue weighted by Gasteiger charge is -2.31. The van der Waals surface area contributed by atoms with Gasteiger partial charge < -0.3 is 9.47 Å². The van der Waals surface area contributed by atoms with Crippen molar-refractivity contribution in [3.8, 4) is 0 Å². The van der Waals surface area contributed by atoms with Crippen LogP contribution in [0.3, 0.4) is 0 Å². The molecule has 2 rings (SSSR count). The first-order valence-electron chi connectivity index (χ1n) is 6.37. The molecule has 1 aromatic carbocycles. The Morgan fingerprint density at radius 3 is 2.15 bits per heavy atom. The second-order valence-corrected chi connectivity index (χ2v) is 5.01. The number of hydrogen-bond acceptors (Lipinski definition) is 3. The summed E-state index contributed by atoms with van der Waals surface area (Å²) in [7, 11) is 0. The highest BCUT2D eigenvalue weighted by Crippen LogP contribution is 2.23. The third-order valence-corrected chi connectivity index (χ3v) is 3.15. The van der Waals surface area contributed by atoms with E-state index in [0.717, 1.165) is 0 Å². The van der Waals surface area contributed by atoms with E-state index in [-0.39, 0.29) is 23.9 Å². The van der Waals surface area contributed by atoms with Gasteiger partial charge in [-0.25, -0.2) is 18.0 Å². The van der Waals surface area contributed by atoms with E-state index < -0.39 is 23.4 Å². The average molecular weight is 288 g/mol. The maximum Gasteiger partial charge on any atom is 0.338 e. The first-order valence-corrected chi connectivity index (χ1v) is 6.37. The van der Waals surface area contributed by atoms with Gasteiger partial charge in [-0.15, -0.1) is 0 Å². The fourth-order valence-electron chi connectivity index (χ4n) is 2.33. The van der Waals surface area contributed by atoms with E-state index in [1.165, 1.54) is 0 Å². The summed E-state index contributed by atoms with van der Waals surface area (Å²) in [5.41, 5.74) is -0.340. The number of carbonyl (C=O) groups is 1. The molecular formula is C14H15F3O3. The molecule has 1 fully saturated rings. The lowest BCUT2D eigenvalue weighted by atomic mass is 10.0. The van der Waals surface area contributed by atoms with Gasteiger partial charge in [0.2, 0.25) is 0 Å². The summed E-state index contributed by atoms with van der Waals surface area (Å²) in [5, 5.41) is 0. The van der Waals surface area contributed by atoms with E-state index in [4.69, 9.17) is 9.47 Å². The van der Waals surface area contributed by atoms with E-state index in [9.17, 15) is 18.0 Å². The van der Waals surface area contributed by atoms with Crippen molar-refractivity contribution in [2.45, 2.75) is 45.0 Å². The number of ether oxygens (including phenoxy) is 2. The normalized spacial score (nSPS) is 26.4. The number of carbonyl (C=O) groups excluding carboxylic acids is 1. The van der Waals surface area contributed by atoms with Crippen LogP contribution < -0.4 is 0 Å². The Morgan fingerprint density at radius 1 is 1.15 bits per heavy atom. The van der Waals surface area contributed by atoms with Crippen LogP contribution in [0.4, 0.5) is 13.2 Å². The summed E-state index contributed by atoms with van der Waals surface area (Å²) in [4.78, 5) is 11.8. The summed E-state index contributed by atoms with van der Waals surface area (Å²) in [6.07, 6.45) is 0.540. The molecule has 1 heterocycles. The standard InChI is InChI=1S/C14H15F3O3/c1-7-3-10(4-8(2)19-7)20-14(18)9-5-11(15)13(17)12(16)6-9/h5-8,10H,3-4H2,1-2H3. The summed E-state index contributed by atoms with van der Waals surface area (Å²) < 4.78 is 49.6. The van der Waals surface area contributed by atoms with Crippen LogP contribution in [0.25, 0.3) is 0 Å². The van der Waals surface area contributed by atoms with Crippen LogP contribution in [-0.2, 0) is 9.47 Å². The third-order valence-electron chi connectivity index (χ3n) is 3.15. The molecule has 0 N–H and O–H groups in total. The zero-order valence-corrected chi connectivity index (χ0v) is 11.2. The lowest BCUT2D eigenvalue weighted by Crippen LogP contribution is -2.35. The fourth-order valence-corrected chi connectivity index (χ4v) is 2.33. The molecule has 0 bridgehead atoms. The maximum atomic E-state index is 13.1. The molecule has 2 unspecified atom stereocenters. The quantitative estimate of drug-likeness (QED) is 0.619. The van der Waals surface area contributed by atoms with Crippen LogP contribution in [0.2, 0.25) is 0 Å². The Kier molecular flexibility index (Phi) is 4.32. The van der Waals surface area contributed by atoms with Crippen molar-refractivity contribution >= 4 is 5.97 Å². The molecule has 2 atom stereocenters. The van der Waals surface area contributed by atoms with Gasteiger partial charge in [0, 0.05) is 12.8 Å². The van der Waals surface area contributed by atoms with Crippen molar-refractivity contribution in [2.24, 2.45) is 0 Å². The third kappa shape index (κ3) is 3.30. The number of benzene rings is 1. The fraction of sp³-hybridized carbons (Fsp3) is 0.500. The highest BCUT2D eigenvalue weighted by Gasteiger charge is 2.28. The highest BCUT2D eigenvalue weighted by molar-refractivity contribution is 5.89. The van der Waals surface area contributed by atoms with Crippen LogP contribution in [0.15, 0.2) is 12.1 Å². The Labute approximate surface area is 114 Å². The first kappa shape index (κ1) is 14.8. The zero-order valence-electron chi connectivity index (χ0n) is 11.2. The molecule has 1 aromatic rings. The first-order chi connectivity index (χ1) is 9.36. The summed E-state index contributed by atoms with van der Waals surface area (Å²) in [6.45, 7) is 3.71. The van der Waals surface area contributed by atoms with Crippen LogP contribution >= 0.6 is 0 Å². The van der Waals surface area contributed by atoms with Crippen molar-refractivity contribution < 1.29 is 27.4 Å². The van der Waals surface area contributed by atoms with Gasteiger partial charge in [0.15, 0.2) is 17.5 Å². The molecule has 0 saturated carbocycles. The van der Waals surface area contributed by atoms with Crippen molar-refractivity contribution in [1.29, 1.82) is 0 Å². The predicted octanol–water partition coefficient (Wildman–Crippen LogP) is 3.22. The molecule has 20 heavy (non-hydrogen) atoms. The smallest absolute Gasteiger partial charge is 0.338 e. The van der Waals surface area contributed by atoms with Gasteiger partial charge in [-0.2, -0.15) is 0 Å². The van der Waals surface area contributed by atoms with E-state index >= 15 is 0 Å². The van der Waals surface area contributed by atoms with Crippen molar-refractivity contribution in [2.75, 3.05) is 0 Å². The molecule has 0 aromatic heterocycles. The molecule has 110 valence electrons. The summed E-state index contributed by atoms with van der Waals surface area (Å²) >= 11 is 0. The number of rotatable bonds is 2. The lowest BCUT2D eigenvalue weighted by molar-refractivity contribution is -0.0855. The van der Waals surface area contributed by atoms with Crippen LogP contribution in [0.5, 0.6) is 0 Å². The molecule has 1 saturated heterocycles. The summed E-state index contributed by atoms with van der Waals surface area (Å²) in [5.74, 6) is -5.29. The van der Waals surface area contributed by atoms with Gasteiger partial charge >= 0.3 is 5.97 Å². The molecular weight excluding hydrogens is 273 g/mol. The Bertz CT molecular complexity index is 485. The van der Waals surface area contributed by atoms with Crippen LogP contribution in [0, 0.1) is 17.5 Å². The zero-order chi connectivity index (χ0) is 14.9. The minimum absolute atomic E-state index is 0.0572. The SMILES string of the molecule is CC1CC(OC(=O)c2cc(F)c(F)c(F)c2)CC(C)O1. The number of halogens is 3. The van der Waals surface area contributed by atoms with Gasteiger partial charge in [0.1, 0.15) is 6.10 Å². The van der Waals surface area contributed by atoms with Gasteiger partial charge in [-0.05, 0) is 26.0 Å². The van der Waals surface area contributed by atoms with Gasteiger partial charge in [0.25, 0.3) is 0 Å². The maximum absolute atomic E-state index is 13.1. The molecule has 1 aliphatic rings. The molecule has 0 aliphatic carbocycles. The average Bonchev–Trinajstić information content (AvgIpc) is 2.33. The minimum Gasteiger partial charge on any atom is -0.459 e. The summed E-state index contributed by atoms with van der Waals surface area (Å²) in [6, 6.07) is 1.26. The van der Waals surface area contributed by atoms with Crippen molar-refractivity contribution in [1.82, 2.24) is 0 Å².